The van der Waals surface area contributed by atoms with Gasteiger partial charge in [-0.25, -0.2) is 0 Å². The van der Waals surface area contributed by atoms with E-state index in [0.717, 1.165) is 25.1 Å². The topological polar surface area (TPSA) is 20.3 Å². The quantitative estimate of drug-likeness (QED) is 0.655. The molecule has 1 amide bonds. The zero-order valence-electron chi connectivity index (χ0n) is 12.3. The fourth-order valence-electron chi connectivity index (χ4n) is 3.08. The molecular formula is C19H19NO. The second-order valence-electron chi connectivity index (χ2n) is 5.33. The van der Waals surface area contributed by atoms with Gasteiger partial charge in [0, 0.05) is 18.7 Å². The highest BCUT2D eigenvalue weighted by Gasteiger charge is 2.24. The molecule has 1 aliphatic rings. The van der Waals surface area contributed by atoms with Crippen molar-refractivity contribution < 1.29 is 4.79 Å². The summed E-state index contributed by atoms with van der Waals surface area (Å²) in [6, 6.07) is 14.7. The van der Waals surface area contributed by atoms with Crippen molar-refractivity contribution in [2.24, 2.45) is 0 Å². The lowest BCUT2D eigenvalue weighted by Gasteiger charge is -2.23. The van der Waals surface area contributed by atoms with Crippen molar-refractivity contribution in [2.45, 2.75) is 19.8 Å². The molecule has 0 atom stereocenters. The molecule has 2 heteroatoms. The zero-order chi connectivity index (χ0) is 14.8. The lowest BCUT2D eigenvalue weighted by Crippen LogP contribution is -2.30. The number of carbonyl (C=O) groups is 1. The minimum atomic E-state index is -0.0267. The minimum Gasteiger partial charge on any atom is -0.309 e. The van der Waals surface area contributed by atoms with Crippen LogP contribution >= 0.6 is 0 Å². The van der Waals surface area contributed by atoms with Gasteiger partial charge in [-0.1, -0.05) is 49.9 Å². The number of carbonyl (C=O) groups excluding carboxylic acids is 1. The molecule has 3 rings (SSSR count). The molecule has 0 fully saturated rings. The van der Waals surface area contributed by atoms with Crippen LogP contribution in [0.2, 0.25) is 0 Å². The number of hydrogen-bond acceptors (Lipinski definition) is 1. The Morgan fingerprint density at radius 2 is 1.95 bits per heavy atom. The van der Waals surface area contributed by atoms with Crippen molar-refractivity contribution in [2.75, 3.05) is 11.4 Å². The first-order chi connectivity index (χ1) is 10.3. The largest absolute Gasteiger partial charge is 0.309 e. The summed E-state index contributed by atoms with van der Waals surface area (Å²) in [4.78, 5) is 14.0. The van der Waals surface area contributed by atoms with E-state index in [0.29, 0.717) is 0 Å². The Balaban J connectivity index is 2.10. The molecule has 2 nitrogen and oxygen atoms in total. The molecule has 0 aliphatic heterocycles. The number of anilines is 1. The third kappa shape index (κ3) is 2.27. The van der Waals surface area contributed by atoms with Gasteiger partial charge in [-0.3, -0.25) is 4.79 Å². The summed E-state index contributed by atoms with van der Waals surface area (Å²) in [5.74, 6) is -0.0267. The first kappa shape index (κ1) is 13.6. The Bertz CT molecular complexity index is 702. The number of benzene rings is 2. The zero-order valence-corrected chi connectivity index (χ0v) is 12.3. The number of nitrogens with zero attached hydrogens (tertiary/aromatic N) is 1. The molecule has 0 saturated carbocycles. The van der Waals surface area contributed by atoms with E-state index in [4.69, 9.17) is 0 Å². The summed E-state index contributed by atoms with van der Waals surface area (Å²) in [6.45, 7) is 6.44. The molecule has 0 unspecified atom stereocenters. The summed E-state index contributed by atoms with van der Waals surface area (Å²) in [5.41, 5.74) is 6.15. The van der Waals surface area contributed by atoms with Crippen LogP contribution in [-0.4, -0.2) is 12.5 Å². The van der Waals surface area contributed by atoms with Gasteiger partial charge in [0.15, 0.2) is 0 Å². The number of amides is 1. The van der Waals surface area contributed by atoms with Gasteiger partial charge in [0.25, 0.3) is 0 Å². The number of hydrogen-bond donors (Lipinski definition) is 0. The maximum Gasteiger partial charge on any atom is 0.250 e. The summed E-state index contributed by atoms with van der Waals surface area (Å²) in [7, 11) is 0. The van der Waals surface area contributed by atoms with E-state index in [2.05, 4.69) is 43.8 Å². The molecular weight excluding hydrogens is 258 g/mol. The van der Waals surface area contributed by atoms with Crippen LogP contribution in [0.5, 0.6) is 0 Å². The predicted octanol–water partition coefficient (Wildman–Crippen LogP) is 4.19. The molecule has 106 valence electrons. The Kier molecular flexibility index (Phi) is 3.61. The van der Waals surface area contributed by atoms with Crippen LogP contribution < -0.4 is 4.90 Å². The molecule has 0 heterocycles. The van der Waals surface area contributed by atoms with Crippen LogP contribution in [0.3, 0.4) is 0 Å². The maximum atomic E-state index is 12.2. The Labute approximate surface area is 125 Å². The van der Waals surface area contributed by atoms with Gasteiger partial charge < -0.3 is 4.90 Å². The molecule has 0 saturated heterocycles. The van der Waals surface area contributed by atoms with Crippen LogP contribution in [0.1, 0.15) is 24.5 Å². The highest BCUT2D eigenvalue weighted by atomic mass is 16.2. The van der Waals surface area contributed by atoms with E-state index in [1.165, 1.54) is 28.3 Å². The molecule has 1 aliphatic carbocycles. The normalized spacial score (nSPS) is 11.7. The highest BCUT2D eigenvalue weighted by Crippen LogP contribution is 2.41. The van der Waals surface area contributed by atoms with E-state index in [-0.39, 0.29) is 5.91 Å². The third-order valence-corrected chi connectivity index (χ3v) is 4.00. The Hall–Kier alpha value is -2.35. The van der Waals surface area contributed by atoms with Gasteiger partial charge in [0.2, 0.25) is 5.91 Å². The van der Waals surface area contributed by atoms with Gasteiger partial charge in [-0.15, -0.1) is 0 Å². The summed E-state index contributed by atoms with van der Waals surface area (Å²) in [5, 5.41) is 0. The molecule has 2 aromatic rings. The lowest BCUT2D eigenvalue weighted by molar-refractivity contribution is -0.114. The number of rotatable bonds is 4. The molecule has 21 heavy (non-hydrogen) atoms. The van der Waals surface area contributed by atoms with E-state index < -0.39 is 0 Å². The summed E-state index contributed by atoms with van der Waals surface area (Å²) >= 11 is 0. The molecule has 0 N–H and O–H groups in total. The van der Waals surface area contributed by atoms with Gasteiger partial charge >= 0.3 is 0 Å². The van der Waals surface area contributed by atoms with Gasteiger partial charge in [0.05, 0.1) is 0 Å². The molecule has 0 aromatic heterocycles. The monoisotopic (exact) mass is 277 g/mol. The molecule has 0 bridgehead atoms. The highest BCUT2D eigenvalue weighted by molar-refractivity contribution is 6.02. The van der Waals surface area contributed by atoms with E-state index in [9.17, 15) is 4.79 Å². The van der Waals surface area contributed by atoms with Crippen LogP contribution in [0.15, 0.2) is 55.1 Å². The lowest BCUT2D eigenvalue weighted by atomic mass is 10.0. The Morgan fingerprint density at radius 3 is 2.71 bits per heavy atom. The third-order valence-electron chi connectivity index (χ3n) is 4.00. The van der Waals surface area contributed by atoms with Crippen molar-refractivity contribution in [1.82, 2.24) is 0 Å². The smallest absolute Gasteiger partial charge is 0.250 e. The molecule has 2 aromatic carbocycles. The summed E-state index contributed by atoms with van der Waals surface area (Å²) < 4.78 is 0. The van der Waals surface area contributed by atoms with Crippen LogP contribution in [-0.2, 0) is 11.2 Å². The predicted molar refractivity (Wildman–Crippen MR) is 87.5 cm³/mol. The van der Waals surface area contributed by atoms with Crippen molar-refractivity contribution in [3.8, 4) is 11.1 Å². The van der Waals surface area contributed by atoms with E-state index in [1.807, 2.05) is 17.0 Å². The van der Waals surface area contributed by atoms with Gasteiger partial charge in [-0.2, -0.15) is 0 Å². The Morgan fingerprint density at radius 1 is 1.19 bits per heavy atom. The maximum absolute atomic E-state index is 12.2. The standard InChI is InChI=1S/C19H19NO/c1-3-12-20(19(21)4-2)18-11-7-10-16-15-9-6-5-8-14(15)13-17(16)18/h4-11H,2-3,12-13H2,1H3. The van der Waals surface area contributed by atoms with Crippen LogP contribution in [0.4, 0.5) is 5.69 Å². The molecule has 0 radical (unpaired) electrons. The van der Waals surface area contributed by atoms with E-state index in [1.54, 1.807) is 0 Å². The average Bonchev–Trinajstić information content (AvgIpc) is 2.91. The van der Waals surface area contributed by atoms with Crippen LogP contribution in [0.25, 0.3) is 11.1 Å². The SMILES string of the molecule is C=CC(=O)N(CCC)c1cccc2c1Cc1ccccc1-2. The van der Waals surface area contributed by atoms with Crippen molar-refractivity contribution in [3.63, 3.8) is 0 Å². The summed E-state index contributed by atoms with van der Waals surface area (Å²) in [6.07, 6.45) is 3.22. The van der Waals surface area contributed by atoms with E-state index >= 15 is 0 Å². The second-order valence-corrected chi connectivity index (χ2v) is 5.33. The first-order valence-electron chi connectivity index (χ1n) is 7.40. The molecule has 0 spiro atoms. The number of fused-ring (bicyclic) bond motifs is 3. The first-order valence-corrected chi connectivity index (χ1v) is 7.40. The second kappa shape index (κ2) is 5.57. The van der Waals surface area contributed by atoms with Crippen LogP contribution in [0, 0.1) is 0 Å². The minimum absolute atomic E-state index is 0.0267. The van der Waals surface area contributed by atoms with Gasteiger partial charge in [-0.05, 0) is 40.8 Å². The fraction of sp³-hybridized carbons (Fsp3) is 0.211. The van der Waals surface area contributed by atoms with Crippen molar-refractivity contribution >= 4 is 11.6 Å². The average molecular weight is 277 g/mol. The van der Waals surface area contributed by atoms with Crippen molar-refractivity contribution in [3.05, 3.63) is 66.2 Å². The van der Waals surface area contributed by atoms with Gasteiger partial charge in [0.1, 0.15) is 0 Å². The fourth-order valence-corrected chi connectivity index (χ4v) is 3.08. The van der Waals surface area contributed by atoms with Crippen molar-refractivity contribution in [1.29, 1.82) is 0 Å².